The molecule has 1 heterocycles. The van der Waals surface area contributed by atoms with Crippen LogP contribution in [0.15, 0.2) is 15.9 Å². The molecule has 0 aromatic carbocycles. The zero-order valence-corrected chi connectivity index (χ0v) is 9.61. The molecule has 3 N–H and O–H groups in total. The molecule has 0 radical (unpaired) electrons. The number of thiophene rings is 1. The van der Waals surface area contributed by atoms with Crippen molar-refractivity contribution in [1.82, 2.24) is 5.32 Å². The van der Waals surface area contributed by atoms with Crippen molar-refractivity contribution in [3.8, 4) is 0 Å². The van der Waals surface area contributed by atoms with Crippen LogP contribution in [0.1, 0.15) is 17.8 Å². The standard InChI is InChI=1S/C8H11BrN2OS/c1-5(11-4-8(10)12)6-2-3-7(9)13-6/h2-3,5,11H,4H2,1H3,(H2,10,12). The quantitative estimate of drug-likeness (QED) is 0.867. The molecule has 5 heteroatoms. The molecule has 0 saturated carbocycles. The average Bonchev–Trinajstić information content (AvgIpc) is 2.47. The van der Waals surface area contributed by atoms with E-state index in [1.165, 1.54) is 4.88 Å². The van der Waals surface area contributed by atoms with E-state index in [1.54, 1.807) is 11.3 Å². The maximum absolute atomic E-state index is 10.5. The van der Waals surface area contributed by atoms with Gasteiger partial charge in [0.15, 0.2) is 0 Å². The van der Waals surface area contributed by atoms with E-state index in [9.17, 15) is 4.79 Å². The van der Waals surface area contributed by atoms with Crippen LogP contribution in [-0.4, -0.2) is 12.5 Å². The van der Waals surface area contributed by atoms with Crippen LogP contribution in [-0.2, 0) is 4.79 Å². The highest BCUT2D eigenvalue weighted by Crippen LogP contribution is 2.26. The molecule has 1 rings (SSSR count). The fraction of sp³-hybridized carbons (Fsp3) is 0.375. The van der Waals surface area contributed by atoms with E-state index in [0.717, 1.165) is 3.79 Å². The highest BCUT2D eigenvalue weighted by molar-refractivity contribution is 9.11. The fourth-order valence-electron chi connectivity index (χ4n) is 0.915. The summed E-state index contributed by atoms with van der Waals surface area (Å²) in [6.45, 7) is 2.22. The first-order valence-electron chi connectivity index (χ1n) is 3.86. The molecule has 3 nitrogen and oxygen atoms in total. The van der Waals surface area contributed by atoms with E-state index in [4.69, 9.17) is 5.73 Å². The van der Waals surface area contributed by atoms with Crippen molar-refractivity contribution in [3.05, 3.63) is 20.8 Å². The number of carbonyl (C=O) groups is 1. The summed E-state index contributed by atoms with van der Waals surface area (Å²) in [5.41, 5.74) is 5.02. The van der Waals surface area contributed by atoms with Crippen molar-refractivity contribution in [1.29, 1.82) is 0 Å². The monoisotopic (exact) mass is 262 g/mol. The molecule has 1 aromatic heterocycles. The van der Waals surface area contributed by atoms with Gasteiger partial charge in [0.25, 0.3) is 0 Å². The van der Waals surface area contributed by atoms with Crippen LogP contribution in [0.4, 0.5) is 0 Å². The molecular weight excluding hydrogens is 252 g/mol. The second-order valence-corrected chi connectivity index (χ2v) is 5.21. The van der Waals surface area contributed by atoms with Crippen LogP contribution in [0, 0.1) is 0 Å². The Morgan fingerprint density at radius 1 is 1.77 bits per heavy atom. The first-order chi connectivity index (χ1) is 6.09. The van der Waals surface area contributed by atoms with Gasteiger partial charge in [-0.2, -0.15) is 0 Å². The highest BCUT2D eigenvalue weighted by Gasteiger charge is 2.07. The summed E-state index contributed by atoms with van der Waals surface area (Å²) in [5, 5.41) is 3.03. The van der Waals surface area contributed by atoms with Gasteiger partial charge >= 0.3 is 0 Å². The Kier molecular flexibility index (Phi) is 3.90. The Hall–Kier alpha value is -0.390. The maximum Gasteiger partial charge on any atom is 0.231 e. The van der Waals surface area contributed by atoms with Crippen molar-refractivity contribution in [2.45, 2.75) is 13.0 Å². The zero-order chi connectivity index (χ0) is 9.84. The smallest absolute Gasteiger partial charge is 0.231 e. The number of primary amides is 1. The Labute approximate surface area is 89.5 Å². The number of amides is 1. The normalized spacial score (nSPS) is 12.8. The second kappa shape index (κ2) is 4.74. The van der Waals surface area contributed by atoms with E-state index >= 15 is 0 Å². The number of rotatable bonds is 4. The van der Waals surface area contributed by atoms with Crippen molar-refractivity contribution in [2.75, 3.05) is 6.54 Å². The van der Waals surface area contributed by atoms with Crippen molar-refractivity contribution < 1.29 is 4.79 Å². The topological polar surface area (TPSA) is 55.1 Å². The lowest BCUT2D eigenvalue weighted by Gasteiger charge is -2.09. The summed E-state index contributed by atoms with van der Waals surface area (Å²) < 4.78 is 1.09. The molecule has 0 saturated heterocycles. The molecule has 1 amide bonds. The van der Waals surface area contributed by atoms with Crippen LogP contribution in [0.5, 0.6) is 0 Å². The molecule has 0 spiro atoms. The van der Waals surface area contributed by atoms with Gasteiger partial charge in [-0.05, 0) is 35.0 Å². The van der Waals surface area contributed by atoms with Crippen LogP contribution >= 0.6 is 27.3 Å². The zero-order valence-electron chi connectivity index (χ0n) is 7.21. The molecule has 0 bridgehead atoms. The van der Waals surface area contributed by atoms with E-state index < -0.39 is 0 Å². The van der Waals surface area contributed by atoms with Gasteiger partial charge in [0, 0.05) is 10.9 Å². The van der Waals surface area contributed by atoms with Crippen LogP contribution < -0.4 is 11.1 Å². The van der Waals surface area contributed by atoms with Crippen LogP contribution in [0.2, 0.25) is 0 Å². The lowest BCUT2D eigenvalue weighted by molar-refractivity contribution is -0.117. The predicted octanol–water partition coefficient (Wildman–Crippen LogP) is 1.65. The number of nitrogens with two attached hydrogens (primary N) is 1. The van der Waals surface area contributed by atoms with Crippen LogP contribution in [0.25, 0.3) is 0 Å². The first kappa shape index (κ1) is 10.7. The van der Waals surface area contributed by atoms with Gasteiger partial charge in [0.1, 0.15) is 0 Å². The van der Waals surface area contributed by atoms with Gasteiger partial charge in [0.2, 0.25) is 5.91 Å². The third-order valence-electron chi connectivity index (χ3n) is 1.60. The molecular formula is C8H11BrN2OS. The number of hydrogen-bond donors (Lipinski definition) is 2. The number of hydrogen-bond acceptors (Lipinski definition) is 3. The number of carbonyl (C=O) groups excluding carboxylic acids is 1. The molecule has 0 aliphatic carbocycles. The fourth-order valence-corrected chi connectivity index (χ4v) is 2.37. The Bertz CT molecular complexity index is 300. The minimum absolute atomic E-state index is 0.170. The van der Waals surface area contributed by atoms with Crippen molar-refractivity contribution in [2.24, 2.45) is 5.73 Å². The lowest BCUT2D eigenvalue weighted by atomic mass is 10.3. The molecule has 0 aliphatic rings. The van der Waals surface area contributed by atoms with Crippen molar-refractivity contribution in [3.63, 3.8) is 0 Å². The van der Waals surface area contributed by atoms with Crippen molar-refractivity contribution >= 4 is 33.2 Å². The third-order valence-corrected chi connectivity index (χ3v) is 3.41. The van der Waals surface area contributed by atoms with Gasteiger partial charge in [-0.1, -0.05) is 0 Å². The Morgan fingerprint density at radius 2 is 2.46 bits per heavy atom. The summed E-state index contributed by atoms with van der Waals surface area (Å²) in [6.07, 6.45) is 0. The molecule has 0 fully saturated rings. The highest BCUT2D eigenvalue weighted by atomic mass is 79.9. The van der Waals surface area contributed by atoms with Crippen LogP contribution in [0.3, 0.4) is 0 Å². The maximum atomic E-state index is 10.5. The Morgan fingerprint density at radius 3 is 2.92 bits per heavy atom. The molecule has 0 aliphatic heterocycles. The summed E-state index contributed by atoms with van der Waals surface area (Å²) in [4.78, 5) is 11.7. The average molecular weight is 263 g/mol. The number of nitrogens with one attached hydrogen (secondary N) is 1. The molecule has 1 aromatic rings. The SMILES string of the molecule is CC(NCC(N)=O)c1ccc(Br)s1. The molecule has 1 unspecified atom stereocenters. The summed E-state index contributed by atoms with van der Waals surface area (Å²) >= 11 is 5.03. The Balaban J connectivity index is 2.48. The van der Waals surface area contributed by atoms with E-state index in [0.29, 0.717) is 0 Å². The van der Waals surface area contributed by atoms with E-state index in [1.807, 2.05) is 19.1 Å². The summed E-state index contributed by atoms with van der Waals surface area (Å²) in [7, 11) is 0. The summed E-state index contributed by atoms with van der Waals surface area (Å²) in [5.74, 6) is -0.331. The molecule has 1 atom stereocenters. The van der Waals surface area contributed by atoms with Gasteiger partial charge in [0.05, 0.1) is 10.3 Å². The largest absolute Gasteiger partial charge is 0.369 e. The van der Waals surface area contributed by atoms with Gasteiger partial charge in [-0.25, -0.2) is 0 Å². The number of halogens is 1. The van der Waals surface area contributed by atoms with E-state index in [2.05, 4.69) is 21.2 Å². The second-order valence-electron chi connectivity index (χ2n) is 2.71. The van der Waals surface area contributed by atoms with Gasteiger partial charge < -0.3 is 11.1 Å². The minimum Gasteiger partial charge on any atom is -0.369 e. The predicted molar refractivity (Wildman–Crippen MR) is 57.6 cm³/mol. The third kappa shape index (κ3) is 3.46. The molecule has 72 valence electrons. The summed E-state index contributed by atoms with van der Waals surface area (Å²) in [6, 6.07) is 4.18. The first-order valence-corrected chi connectivity index (χ1v) is 5.47. The molecule has 13 heavy (non-hydrogen) atoms. The van der Waals surface area contributed by atoms with Gasteiger partial charge in [-0.3, -0.25) is 4.79 Å². The minimum atomic E-state index is -0.331. The van der Waals surface area contributed by atoms with Gasteiger partial charge in [-0.15, -0.1) is 11.3 Å². The van der Waals surface area contributed by atoms with E-state index in [-0.39, 0.29) is 18.5 Å². The lowest BCUT2D eigenvalue weighted by Crippen LogP contribution is -2.30.